The van der Waals surface area contributed by atoms with Crippen LogP contribution in [0.15, 0.2) is 51.7 Å². The van der Waals surface area contributed by atoms with Crippen LogP contribution in [0, 0.1) is 0 Å². The number of aromatic amines is 1. The minimum absolute atomic E-state index is 0.264. The van der Waals surface area contributed by atoms with E-state index in [1.165, 1.54) is 7.11 Å². The van der Waals surface area contributed by atoms with Gasteiger partial charge in [0.25, 0.3) is 18.4 Å². The Morgan fingerprint density at radius 3 is 2.56 bits per heavy atom. The number of H-pyrrole nitrogens is 1. The van der Waals surface area contributed by atoms with Crippen molar-refractivity contribution in [2.24, 2.45) is 0 Å². The first-order valence-electron chi connectivity index (χ1n) is 9.29. The Kier molecular flexibility index (Phi) is 6.00. The molecule has 4 aromatic rings. The lowest BCUT2D eigenvalue weighted by Crippen LogP contribution is -2.11. The summed E-state index contributed by atoms with van der Waals surface area (Å²) < 4.78 is 59.2. The van der Waals surface area contributed by atoms with E-state index in [2.05, 4.69) is 31.0 Å². The van der Waals surface area contributed by atoms with E-state index in [4.69, 9.17) is 4.74 Å². The van der Waals surface area contributed by atoms with Gasteiger partial charge in [-0.15, -0.1) is 0 Å². The summed E-state index contributed by atoms with van der Waals surface area (Å²) in [5, 5.41) is 4.09. The second kappa shape index (κ2) is 8.73. The third kappa shape index (κ3) is 3.99. The molecule has 0 aliphatic heterocycles. The maximum absolute atomic E-state index is 13.6. The molecule has 6 nitrogen and oxygen atoms in total. The molecule has 166 valence electrons. The number of alkyl halides is 4. The van der Waals surface area contributed by atoms with Gasteiger partial charge >= 0.3 is 0 Å². The Balaban J connectivity index is 1.81. The van der Waals surface area contributed by atoms with Crippen LogP contribution in [0.1, 0.15) is 29.8 Å². The first kappa shape index (κ1) is 22.0. The minimum Gasteiger partial charge on any atom is -0.496 e. The van der Waals surface area contributed by atoms with Crippen molar-refractivity contribution in [3.8, 4) is 17.1 Å². The summed E-state index contributed by atoms with van der Waals surface area (Å²) in [4.78, 5) is 19.5. The van der Waals surface area contributed by atoms with E-state index in [1.54, 1.807) is 42.5 Å². The maximum atomic E-state index is 13.6. The van der Waals surface area contributed by atoms with Gasteiger partial charge in [0.2, 0.25) is 0 Å². The maximum Gasteiger partial charge on any atom is 0.283 e. The molecule has 2 aromatic carbocycles. The standard InChI is InChI=1S/C21H15BrF4N4O2/c1-32-14-7-6-10(20-27-13-5-3-2-4-12(13)21(31)28-20)8-11(14)9-30-17(19(25)26)15(22)16(29-30)18(23)24/h2-8,18-19H,9H2,1H3,(H,27,28,31). The predicted octanol–water partition coefficient (Wildman–Crippen LogP) is 5.48. The Hall–Kier alpha value is -3.21. The van der Waals surface area contributed by atoms with E-state index in [0.29, 0.717) is 27.8 Å². The van der Waals surface area contributed by atoms with Gasteiger partial charge in [0, 0.05) is 11.1 Å². The molecule has 1 N–H and O–H groups in total. The second-order valence-electron chi connectivity index (χ2n) is 6.80. The van der Waals surface area contributed by atoms with E-state index in [-0.39, 0.29) is 17.9 Å². The van der Waals surface area contributed by atoms with Crippen molar-refractivity contribution in [2.75, 3.05) is 7.11 Å². The molecule has 0 aliphatic rings. The summed E-state index contributed by atoms with van der Waals surface area (Å²) in [6.45, 7) is -0.264. The number of nitrogens with one attached hydrogen (secondary N) is 1. The summed E-state index contributed by atoms with van der Waals surface area (Å²) in [6.07, 6.45) is -6.06. The molecule has 0 spiro atoms. The number of methoxy groups -OCH3 is 1. The van der Waals surface area contributed by atoms with E-state index >= 15 is 0 Å². The van der Waals surface area contributed by atoms with Gasteiger partial charge < -0.3 is 9.72 Å². The van der Waals surface area contributed by atoms with Gasteiger partial charge in [-0.1, -0.05) is 12.1 Å². The molecule has 2 aromatic heterocycles. The van der Waals surface area contributed by atoms with Gasteiger partial charge in [-0.2, -0.15) is 5.10 Å². The van der Waals surface area contributed by atoms with Crippen molar-refractivity contribution in [3.05, 3.63) is 74.2 Å². The average Bonchev–Trinajstić information content (AvgIpc) is 3.10. The number of hydrogen-bond donors (Lipinski definition) is 1. The van der Waals surface area contributed by atoms with E-state index in [1.807, 2.05) is 0 Å². The van der Waals surface area contributed by atoms with E-state index in [9.17, 15) is 22.4 Å². The molecular formula is C21H15BrF4N4O2. The van der Waals surface area contributed by atoms with Gasteiger partial charge in [0.05, 0.1) is 29.0 Å². The molecule has 0 saturated heterocycles. The van der Waals surface area contributed by atoms with Crippen molar-refractivity contribution in [3.63, 3.8) is 0 Å². The highest BCUT2D eigenvalue weighted by Gasteiger charge is 2.28. The van der Waals surface area contributed by atoms with Crippen LogP contribution in [0.2, 0.25) is 0 Å². The van der Waals surface area contributed by atoms with Gasteiger partial charge in [-0.05, 0) is 46.3 Å². The van der Waals surface area contributed by atoms with Gasteiger partial charge in [0.15, 0.2) is 0 Å². The Bertz CT molecular complexity index is 1350. The molecule has 0 unspecified atom stereocenters. The number of ether oxygens (including phenoxy) is 1. The molecule has 32 heavy (non-hydrogen) atoms. The Morgan fingerprint density at radius 1 is 1.12 bits per heavy atom. The number of para-hydroxylation sites is 1. The highest BCUT2D eigenvalue weighted by Crippen LogP contribution is 2.36. The fourth-order valence-corrected chi connectivity index (χ4v) is 4.00. The van der Waals surface area contributed by atoms with Crippen LogP contribution in [-0.2, 0) is 6.54 Å². The lowest BCUT2D eigenvalue weighted by Gasteiger charge is -2.13. The van der Waals surface area contributed by atoms with Crippen LogP contribution in [-0.4, -0.2) is 26.9 Å². The topological polar surface area (TPSA) is 72.8 Å². The molecule has 0 atom stereocenters. The smallest absolute Gasteiger partial charge is 0.283 e. The van der Waals surface area contributed by atoms with Crippen LogP contribution in [0.4, 0.5) is 17.6 Å². The number of benzene rings is 2. The molecule has 0 fully saturated rings. The number of fused-ring (bicyclic) bond motifs is 1. The number of aromatic nitrogens is 4. The Labute approximate surface area is 187 Å². The first-order valence-corrected chi connectivity index (χ1v) is 10.1. The van der Waals surface area contributed by atoms with Crippen molar-refractivity contribution in [1.82, 2.24) is 19.7 Å². The average molecular weight is 511 g/mol. The van der Waals surface area contributed by atoms with E-state index < -0.39 is 28.7 Å². The fourth-order valence-electron chi connectivity index (χ4n) is 3.37. The lowest BCUT2D eigenvalue weighted by atomic mass is 10.1. The van der Waals surface area contributed by atoms with Crippen LogP contribution < -0.4 is 10.3 Å². The molecular weight excluding hydrogens is 496 g/mol. The first-order chi connectivity index (χ1) is 15.3. The van der Waals surface area contributed by atoms with Crippen LogP contribution >= 0.6 is 15.9 Å². The molecule has 0 amide bonds. The summed E-state index contributed by atoms with van der Waals surface area (Å²) in [7, 11) is 1.40. The zero-order chi connectivity index (χ0) is 23.0. The molecule has 0 aliphatic carbocycles. The predicted molar refractivity (Wildman–Crippen MR) is 113 cm³/mol. The normalized spacial score (nSPS) is 11.6. The molecule has 4 rings (SSSR count). The number of rotatable bonds is 6. The highest BCUT2D eigenvalue weighted by atomic mass is 79.9. The fraction of sp³-hybridized carbons (Fsp3) is 0.190. The molecule has 0 bridgehead atoms. The third-order valence-electron chi connectivity index (χ3n) is 4.86. The third-order valence-corrected chi connectivity index (χ3v) is 5.67. The number of halogens is 5. The van der Waals surface area contributed by atoms with Crippen LogP contribution in [0.5, 0.6) is 5.75 Å². The zero-order valence-electron chi connectivity index (χ0n) is 16.5. The van der Waals surface area contributed by atoms with Gasteiger partial charge in [0.1, 0.15) is 23.0 Å². The van der Waals surface area contributed by atoms with Crippen molar-refractivity contribution < 1.29 is 22.3 Å². The zero-order valence-corrected chi connectivity index (χ0v) is 18.0. The number of hydrogen-bond acceptors (Lipinski definition) is 4. The quantitative estimate of drug-likeness (QED) is 0.348. The minimum atomic E-state index is -3.03. The summed E-state index contributed by atoms with van der Waals surface area (Å²) in [5.41, 5.74) is -0.399. The highest BCUT2D eigenvalue weighted by molar-refractivity contribution is 9.10. The van der Waals surface area contributed by atoms with E-state index in [0.717, 1.165) is 4.68 Å². The SMILES string of the molecule is COc1ccc(-c2nc3ccccc3c(=O)[nH]2)cc1Cn1nc(C(F)F)c(Br)c1C(F)F. The summed E-state index contributed by atoms with van der Waals surface area (Å²) in [5.74, 6) is 0.601. The monoisotopic (exact) mass is 510 g/mol. The number of nitrogens with zero attached hydrogens (tertiary/aromatic N) is 3. The molecule has 0 radical (unpaired) electrons. The molecule has 0 saturated carbocycles. The summed E-state index contributed by atoms with van der Waals surface area (Å²) >= 11 is 2.81. The second-order valence-corrected chi connectivity index (χ2v) is 7.59. The van der Waals surface area contributed by atoms with Crippen molar-refractivity contribution in [1.29, 1.82) is 0 Å². The van der Waals surface area contributed by atoms with Gasteiger partial charge in [-0.25, -0.2) is 22.5 Å². The van der Waals surface area contributed by atoms with Crippen molar-refractivity contribution in [2.45, 2.75) is 19.4 Å². The molecule has 11 heteroatoms. The largest absolute Gasteiger partial charge is 0.496 e. The van der Waals surface area contributed by atoms with Crippen LogP contribution in [0.3, 0.4) is 0 Å². The summed E-state index contributed by atoms with van der Waals surface area (Å²) in [6, 6.07) is 11.6. The van der Waals surface area contributed by atoms with Gasteiger partial charge in [-0.3, -0.25) is 9.48 Å². The lowest BCUT2D eigenvalue weighted by molar-refractivity contribution is 0.139. The Morgan fingerprint density at radius 2 is 1.88 bits per heavy atom. The van der Waals surface area contributed by atoms with Crippen LogP contribution in [0.25, 0.3) is 22.3 Å². The van der Waals surface area contributed by atoms with Crippen molar-refractivity contribution >= 4 is 26.8 Å². The molecule has 2 heterocycles.